The summed E-state index contributed by atoms with van der Waals surface area (Å²) in [4.78, 5) is 22.6. The van der Waals surface area contributed by atoms with Gasteiger partial charge in [-0.1, -0.05) is 25.5 Å². The second-order valence-corrected chi connectivity index (χ2v) is 10.6. The highest BCUT2D eigenvalue weighted by Crippen LogP contribution is 2.32. The smallest absolute Gasteiger partial charge is 0.257 e. The van der Waals surface area contributed by atoms with Crippen molar-refractivity contribution in [3.8, 4) is 0 Å². The molecular formula is C29H38N6O2. The van der Waals surface area contributed by atoms with Gasteiger partial charge in [-0.25, -0.2) is 0 Å². The molecule has 2 atom stereocenters. The van der Waals surface area contributed by atoms with Crippen LogP contribution in [0.1, 0.15) is 37.8 Å². The van der Waals surface area contributed by atoms with E-state index < -0.39 is 0 Å². The predicted octanol–water partition coefficient (Wildman–Crippen LogP) is 3.56. The van der Waals surface area contributed by atoms with Gasteiger partial charge < -0.3 is 31.0 Å². The third kappa shape index (κ3) is 5.55. The largest absolute Gasteiger partial charge is 0.378 e. The fraction of sp³-hybridized carbons (Fsp3) is 0.483. The van der Waals surface area contributed by atoms with Gasteiger partial charge in [-0.2, -0.15) is 0 Å². The van der Waals surface area contributed by atoms with Crippen molar-refractivity contribution in [3.63, 3.8) is 0 Å². The average molecular weight is 503 g/mol. The van der Waals surface area contributed by atoms with E-state index in [1.165, 1.54) is 11.3 Å². The lowest BCUT2D eigenvalue weighted by Gasteiger charge is -2.37. The molecular weight excluding hydrogens is 464 g/mol. The lowest BCUT2D eigenvalue weighted by molar-refractivity contribution is -0.112. The lowest BCUT2D eigenvalue weighted by atomic mass is 9.96. The Bertz CT molecular complexity index is 1190. The Balaban J connectivity index is 1.41. The van der Waals surface area contributed by atoms with E-state index in [9.17, 15) is 4.79 Å². The number of hydrogen-bond acceptors (Lipinski definition) is 7. The quantitative estimate of drug-likeness (QED) is 0.577. The van der Waals surface area contributed by atoms with Gasteiger partial charge in [0.1, 0.15) is 0 Å². The number of nitrogens with two attached hydrogens (primary N) is 1. The Labute approximate surface area is 219 Å². The molecule has 0 saturated carbocycles. The van der Waals surface area contributed by atoms with Crippen molar-refractivity contribution in [2.24, 2.45) is 11.7 Å². The highest BCUT2D eigenvalue weighted by atomic mass is 16.5. The van der Waals surface area contributed by atoms with Gasteiger partial charge in [-0.15, -0.1) is 0 Å². The minimum atomic E-state index is -0.230. The van der Waals surface area contributed by atoms with E-state index in [-0.39, 0.29) is 11.9 Å². The summed E-state index contributed by atoms with van der Waals surface area (Å²) in [6, 6.07) is 8.55. The van der Waals surface area contributed by atoms with Crippen molar-refractivity contribution in [1.29, 1.82) is 5.41 Å². The number of carbonyl (C=O) groups is 1. The van der Waals surface area contributed by atoms with Crippen molar-refractivity contribution >= 4 is 28.7 Å². The molecule has 3 heterocycles. The van der Waals surface area contributed by atoms with E-state index in [0.717, 1.165) is 62.6 Å². The molecule has 0 spiro atoms. The van der Waals surface area contributed by atoms with E-state index in [2.05, 4.69) is 52.1 Å². The molecule has 0 bridgehead atoms. The molecule has 5 rings (SSSR count). The maximum Gasteiger partial charge on any atom is 0.257 e. The summed E-state index contributed by atoms with van der Waals surface area (Å²) in [6.45, 7) is 9.16. The number of piperidine rings is 1. The molecule has 1 aromatic heterocycles. The van der Waals surface area contributed by atoms with Crippen LogP contribution in [0.4, 0.5) is 17.1 Å². The highest BCUT2D eigenvalue weighted by molar-refractivity contribution is 6.26. The molecule has 8 nitrogen and oxygen atoms in total. The van der Waals surface area contributed by atoms with Crippen molar-refractivity contribution in [2.75, 3.05) is 54.5 Å². The van der Waals surface area contributed by atoms with Gasteiger partial charge in [0.2, 0.25) is 0 Å². The van der Waals surface area contributed by atoms with Crippen LogP contribution in [0, 0.1) is 11.3 Å². The van der Waals surface area contributed by atoms with Crippen LogP contribution in [-0.2, 0) is 22.4 Å². The van der Waals surface area contributed by atoms with Gasteiger partial charge in [0.25, 0.3) is 5.91 Å². The van der Waals surface area contributed by atoms with Crippen LogP contribution in [0.25, 0.3) is 0 Å². The number of anilines is 3. The van der Waals surface area contributed by atoms with Gasteiger partial charge in [0.05, 0.1) is 36.4 Å². The normalized spacial score (nSPS) is 22.5. The standard InChI is InChI=1S/C29H38N6O2/c1-3-20-13-22-14-24(34-8-10-37-11-9-34)5-4-21(22)15-25(31)28(20)29(36)33-26-16-32-7-6-27(26)35-17-19(2)12-23(30)18-35/h4-7,14,16,19,23,31H,3,8-13,15,17-18,30H2,1-2H3,(H,33,36). The fourth-order valence-electron chi connectivity index (χ4n) is 5.92. The van der Waals surface area contributed by atoms with E-state index in [0.29, 0.717) is 42.2 Å². The number of rotatable bonds is 5. The van der Waals surface area contributed by atoms with Crippen molar-refractivity contribution < 1.29 is 9.53 Å². The number of pyridine rings is 1. The van der Waals surface area contributed by atoms with Crippen LogP contribution in [0.2, 0.25) is 0 Å². The molecule has 1 aliphatic carbocycles. The van der Waals surface area contributed by atoms with Crippen molar-refractivity contribution in [2.45, 2.75) is 45.6 Å². The summed E-state index contributed by atoms with van der Waals surface area (Å²) in [5.74, 6) is 0.248. The molecule has 2 unspecified atom stereocenters. The monoisotopic (exact) mass is 502 g/mol. The molecule has 196 valence electrons. The summed E-state index contributed by atoms with van der Waals surface area (Å²) >= 11 is 0. The van der Waals surface area contributed by atoms with E-state index >= 15 is 0 Å². The summed E-state index contributed by atoms with van der Waals surface area (Å²) in [7, 11) is 0. The lowest BCUT2D eigenvalue weighted by Crippen LogP contribution is -2.46. The molecule has 2 aromatic rings. The number of ether oxygens (including phenoxy) is 1. The number of hydrogen-bond donors (Lipinski definition) is 3. The van der Waals surface area contributed by atoms with Gasteiger partial charge >= 0.3 is 0 Å². The molecule has 1 amide bonds. The first-order valence-electron chi connectivity index (χ1n) is 13.4. The number of amides is 1. The second-order valence-electron chi connectivity index (χ2n) is 10.6. The Morgan fingerprint density at radius 1 is 1.16 bits per heavy atom. The zero-order valence-corrected chi connectivity index (χ0v) is 21.9. The zero-order valence-electron chi connectivity index (χ0n) is 21.9. The minimum Gasteiger partial charge on any atom is -0.378 e. The Hall–Kier alpha value is -3.23. The Morgan fingerprint density at radius 3 is 2.73 bits per heavy atom. The number of nitrogens with zero attached hydrogens (tertiary/aromatic N) is 3. The number of carbonyl (C=O) groups excluding carboxylic acids is 1. The number of aromatic nitrogens is 1. The van der Waals surface area contributed by atoms with E-state index in [4.69, 9.17) is 15.9 Å². The predicted molar refractivity (Wildman–Crippen MR) is 149 cm³/mol. The first-order valence-corrected chi connectivity index (χ1v) is 13.4. The van der Waals surface area contributed by atoms with Crippen molar-refractivity contribution in [1.82, 2.24) is 4.98 Å². The summed E-state index contributed by atoms with van der Waals surface area (Å²) in [5, 5.41) is 12.0. The van der Waals surface area contributed by atoms with Crippen LogP contribution in [-0.4, -0.2) is 62.0 Å². The Morgan fingerprint density at radius 2 is 1.97 bits per heavy atom. The van der Waals surface area contributed by atoms with Crippen LogP contribution in [0.5, 0.6) is 0 Å². The van der Waals surface area contributed by atoms with Crippen LogP contribution >= 0.6 is 0 Å². The van der Waals surface area contributed by atoms with Crippen molar-refractivity contribution in [3.05, 3.63) is 58.9 Å². The fourth-order valence-corrected chi connectivity index (χ4v) is 5.92. The molecule has 2 aliphatic heterocycles. The number of morpholine rings is 1. The van der Waals surface area contributed by atoms with Gasteiger partial charge in [0.15, 0.2) is 0 Å². The molecule has 3 aliphatic rings. The van der Waals surface area contributed by atoms with E-state index in [1.807, 2.05) is 6.07 Å². The van der Waals surface area contributed by atoms with Gasteiger partial charge in [-0.05, 0) is 54.5 Å². The van der Waals surface area contributed by atoms with Gasteiger partial charge in [0, 0.05) is 56.2 Å². The number of allylic oxidation sites excluding steroid dienone is 1. The second kappa shape index (κ2) is 11.0. The molecule has 1 aromatic carbocycles. The van der Waals surface area contributed by atoms with Crippen LogP contribution < -0.4 is 20.9 Å². The maximum atomic E-state index is 13.7. The number of nitrogens with one attached hydrogen (secondary N) is 2. The molecule has 37 heavy (non-hydrogen) atoms. The summed E-state index contributed by atoms with van der Waals surface area (Å²) in [6.07, 6.45) is 6.29. The highest BCUT2D eigenvalue weighted by Gasteiger charge is 2.28. The third-order valence-corrected chi connectivity index (χ3v) is 7.73. The zero-order chi connectivity index (χ0) is 25.9. The molecule has 0 radical (unpaired) electrons. The van der Waals surface area contributed by atoms with Gasteiger partial charge in [-0.3, -0.25) is 9.78 Å². The molecule has 2 fully saturated rings. The molecule has 2 saturated heterocycles. The SMILES string of the molecule is CCC1=C(C(=O)Nc2cnccc2N2CC(C)CC(N)C2)C(=N)Cc2ccc(N3CCOCC3)cc2C1. The topological polar surface area (TPSA) is 108 Å². The average Bonchev–Trinajstić information content (AvgIpc) is 3.03. The van der Waals surface area contributed by atoms with Crippen LogP contribution in [0.3, 0.4) is 0 Å². The van der Waals surface area contributed by atoms with E-state index in [1.54, 1.807) is 12.4 Å². The first kappa shape index (κ1) is 25.4. The summed E-state index contributed by atoms with van der Waals surface area (Å²) in [5.41, 5.74) is 13.3. The minimum absolute atomic E-state index is 0.103. The molecule has 4 N–H and O–H groups in total. The number of fused-ring (bicyclic) bond motifs is 1. The maximum absolute atomic E-state index is 13.7. The molecule has 8 heteroatoms. The number of benzene rings is 1. The van der Waals surface area contributed by atoms with Crippen LogP contribution in [0.15, 0.2) is 47.8 Å². The third-order valence-electron chi connectivity index (χ3n) is 7.73. The summed E-state index contributed by atoms with van der Waals surface area (Å²) < 4.78 is 5.51. The first-order chi connectivity index (χ1) is 17.9. The Kier molecular flexibility index (Phi) is 7.58.